The van der Waals surface area contributed by atoms with Crippen molar-refractivity contribution in [2.75, 3.05) is 32.1 Å². The van der Waals surface area contributed by atoms with Crippen molar-refractivity contribution in [2.24, 2.45) is 0 Å². The largest absolute Gasteiger partial charge is 0.381 e. The molecule has 0 aliphatic carbocycles. The van der Waals surface area contributed by atoms with Gasteiger partial charge in [0.2, 0.25) is 11.8 Å². The first kappa shape index (κ1) is 15.6. The van der Waals surface area contributed by atoms with Crippen LogP contribution in [0.3, 0.4) is 0 Å². The molecule has 2 amide bonds. The topological polar surface area (TPSA) is 70.7 Å². The number of hydrogen-bond acceptors (Lipinski definition) is 4. The Balaban J connectivity index is 1.52. The molecule has 2 fully saturated rings. The number of amides is 2. The van der Waals surface area contributed by atoms with Crippen LogP contribution in [0.15, 0.2) is 24.3 Å². The van der Waals surface area contributed by atoms with Gasteiger partial charge in [-0.05, 0) is 30.9 Å². The molecule has 24 heavy (non-hydrogen) atoms. The van der Waals surface area contributed by atoms with E-state index in [9.17, 15) is 9.59 Å². The number of likely N-dealkylation sites (N-methyl/N-ethyl adjacent to an activating group) is 1. The molecular formula is C18H23N3O3. The Bertz CT molecular complexity index is 671. The van der Waals surface area contributed by atoms with E-state index in [4.69, 9.17) is 4.74 Å². The van der Waals surface area contributed by atoms with Gasteiger partial charge in [0.05, 0.1) is 11.5 Å². The van der Waals surface area contributed by atoms with E-state index in [1.165, 1.54) is 0 Å². The first-order valence-corrected chi connectivity index (χ1v) is 8.60. The standard InChI is InChI=1S/C18H23N3O3/c1-21(12-6-8-24-9-7-12)16(22)15-10-18(11-19-15)13-4-2-3-5-14(13)20-17(18)23/h2-5,12,15,19H,6-11H2,1H3,(H,20,23)/t15-,18-/m1/s1. The summed E-state index contributed by atoms with van der Waals surface area (Å²) < 4.78 is 5.38. The van der Waals surface area contributed by atoms with Crippen molar-refractivity contribution in [3.8, 4) is 0 Å². The van der Waals surface area contributed by atoms with Crippen molar-refractivity contribution in [3.63, 3.8) is 0 Å². The highest BCUT2D eigenvalue weighted by molar-refractivity contribution is 6.07. The molecule has 2 atom stereocenters. The molecule has 0 bridgehead atoms. The summed E-state index contributed by atoms with van der Waals surface area (Å²) in [5.74, 6) is 0.0798. The summed E-state index contributed by atoms with van der Waals surface area (Å²) in [5, 5.41) is 6.26. The first-order chi connectivity index (χ1) is 11.6. The fourth-order valence-electron chi connectivity index (χ4n) is 4.21. The second kappa shape index (κ2) is 5.86. The van der Waals surface area contributed by atoms with E-state index in [1.54, 1.807) is 0 Å². The number of nitrogens with one attached hydrogen (secondary N) is 2. The minimum atomic E-state index is -0.618. The second-order valence-electron chi connectivity index (χ2n) is 7.01. The van der Waals surface area contributed by atoms with Crippen molar-refractivity contribution in [3.05, 3.63) is 29.8 Å². The lowest BCUT2D eigenvalue weighted by atomic mass is 9.79. The highest BCUT2D eigenvalue weighted by Gasteiger charge is 2.53. The van der Waals surface area contributed by atoms with Gasteiger partial charge in [0.1, 0.15) is 0 Å². The maximum Gasteiger partial charge on any atom is 0.239 e. The van der Waals surface area contributed by atoms with Crippen LogP contribution in [0.1, 0.15) is 24.8 Å². The van der Waals surface area contributed by atoms with Crippen molar-refractivity contribution in [1.82, 2.24) is 10.2 Å². The monoisotopic (exact) mass is 329 g/mol. The second-order valence-corrected chi connectivity index (χ2v) is 7.01. The maximum atomic E-state index is 12.9. The number of anilines is 1. The number of fused-ring (bicyclic) bond motifs is 2. The molecule has 2 saturated heterocycles. The molecule has 6 heteroatoms. The number of carbonyl (C=O) groups excluding carboxylic acids is 2. The lowest BCUT2D eigenvalue weighted by molar-refractivity contribution is -0.135. The Morgan fingerprint density at radius 1 is 1.29 bits per heavy atom. The molecule has 128 valence electrons. The molecular weight excluding hydrogens is 306 g/mol. The Morgan fingerprint density at radius 2 is 2.04 bits per heavy atom. The van der Waals surface area contributed by atoms with Crippen LogP contribution < -0.4 is 10.6 Å². The number of carbonyl (C=O) groups is 2. The van der Waals surface area contributed by atoms with E-state index >= 15 is 0 Å². The minimum Gasteiger partial charge on any atom is -0.381 e. The third kappa shape index (κ3) is 2.32. The quantitative estimate of drug-likeness (QED) is 0.845. The molecule has 6 nitrogen and oxygen atoms in total. The third-order valence-electron chi connectivity index (χ3n) is 5.71. The van der Waals surface area contributed by atoms with Crippen LogP contribution in [0.2, 0.25) is 0 Å². The van der Waals surface area contributed by atoms with Crippen molar-refractivity contribution in [1.29, 1.82) is 0 Å². The summed E-state index contributed by atoms with van der Waals surface area (Å²) >= 11 is 0. The van der Waals surface area contributed by atoms with E-state index in [2.05, 4.69) is 10.6 Å². The van der Waals surface area contributed by atoms with E-state index in [1.807, 2.05) is 36.2 Å². The van der Waals surface area contributed by atoms with Gasteiger partial charge in [-0.1, -0.05) is 18.2 Å². The van der Waals surface area contributed by atoms with Gasteiger partial charge in [0.15, 0.2) is 0 Å². The molecule has 3 aliphatic heterocycles. The predicted molar refractivity (Wildman–Crippen MR) is 89.8 cm³/mol. The summed E-state index contributed by atoms with van der Waals surface area (Å²) in [6.07, 6.45) is 2.27. The maximum absolute atomic E-state index is 12.9. The van der Waals surface area contributed by atoms with Gasteiger partial charge in [-0.3, -0.25) is 9.59 Å². The van der Waals surface area contributed by atoms with Gasteiger partial charge in [-0.2, -0.15) is 0 Å². The molecule has 0 radical (unpaired) electrons. The molecule has 0 aromatic heterocycles. The predicted octanol–water partition coefficient (Wildman–Crippen LogP) is 0.876. The number of nitrogens with zero attached hydrogens (tertiary/aromatic N) is 1. The average molecular weight is 329 g/mol. The number of rotatable bonds is 2. The molecule has 2 N–H and O–H groups in total. The fourth-order valence-corrected chi connectivity index (χ4v) is 4.21. The molecule has 3 heterocycles. The summed E-state index contributed by atoms with van der Waals surface area (Å²) in [6.45, 7) is 1.92. The third-order valence-corrected chi connectivity index (χ3v) is 5.71. The average Bonchev–Trinajstić information content (AvgIpc) is 3.18. The highest BCUT2D eigenvalue weighted by atomic mass is 16.5. The molecule has 4 rings (SSSR count). The molecule has 0 saturated carbocycles. The SMILES string of the molecule is CN(C(=O)[C@H]1C[C@]2(CN1)C(=O)Nc1ccccc12)C1CCOCC1. The lowest BCUT2D eigenvalue weighted by Crippen LogP contribution is -2.48. The van der Waals surface area contributed by atoms with Crippen LogP contribution in [0.5, 0.6) is 0 Å². The lowest BCUT2D eigenvalue weighted by Gasteiger charge is -2.33. The van der Waals surface area contributed by atoms with Crippen molar-refractivity contribution >= 4 is 17.5 Å². The Morgan fingerprint density at radius 3 is 2.83 bits per heavy atom. The summed E-state index contributed by atoms with van der Waals surface area (Å²) in [5.41, 5.74) is 1.26. The van der Waals surface area contributed by atoms with Gasteiger partial charge in [0.25, 0.3) is 0 Å². The van der Waals surface area contributed by atoms with Crippen molar-refractivity contribution in [2.45, 2.75) is 36.8 Å². The summed E-state index contributed by atoms with van der Waals surface area (Å²) in [6, 6.07) is 7.70. The fraction of sp³-hybridized carbons (Fsp3) is 0.556. The van der Waals surface area contributed by atoms with Gasteiger partial charge in [0, 0.05) is 38.5 Å². The number of hydrogen-bond donors (Lipinski definition) is 2. The Kier molecular flexibility index (Phi) is 3.81. The first-order valence-electron chi connectivity index (χ1n) is 8.60. The molecule has 0 unspecified atom stereocenters. The van der Waals surface area contributed by atoms with Gasteiger partial charge < -0.3 is 20.3 Å². The number of para-hydroxylation sites is 1. The Hall–Kier alpha value is -1.92. The van der Waals surface area contributed by atoms with Gasteiger partial charge in [-0.15, -0.1) is 0 Å². The number of ether oxygens (including phenoxy) is 1. The zero-order chi connectivity index (χ0) is 16.7. The molecule has 1 spiro atoms. The zero-order valence-corrected chi connectivity index (χ0v) is 13.9. The van der Waals surface area contributed by atoms with E-state index < -0.39 is 5.41 Å². The van der Waals surface area contributed by atoms with E-state index in [0.717, 1.165) is 24.1 Å². The zero-order valence-electron chi connectivity index (χ0n) is 13.9. The van der Waals surface area contributed by atoms with E-state index in [-0.39, 0.29) is 23.9 Å². The van der Waals surface area contributed by atoms with Crippen LogP contribution in [0.25, 0.3) is 0 Å². The van der Waals surface area contributed by atoms with Gasteiger partial charge >= 0.3 is 0 Å². The molecule has 3 aliphatic rings. The Labute approximate surface area is 141 Å². The summed E-state index contributed by atoms with van der Waals surface area (Å²) in [4.78, 5) is 27.3. The number of benzene rings is 1. The molecule has 1 aromatic carbocycles. The van der Waals surface area contributed by atoms with Gasteiger partial charge in [-0.25, -0.2) is 0 Å². The van der Waals surface area contributed by atoms with Crippen LogP contribution in [0, 0.1) is 0 Å². The highest BCUT2D eigenvalue weighted by Crippen LogP contribution is 2.43. The normalized spacial score (nSPS) is 29.5. The van der Waals surface area contributed by atoms with Crippen molar-refractivity contribution < 1.29 is 14.3 Å². The smallest absolute Gasteiger partial charge is 0.239 e. The molecule has 1 aromatic rings. The van der Waals surface area contributed by atoms with Crippen LogP contribution in [-0.4, -0.2) is 55.6 Å². The van der Waals surface area contributed by atoms with Crippen LogP contribution in [0.4, 0.5) is 5.69 Å². The minimum absolute atomic E-state index is 0.000203. The van der Waals surface area contributed by atoms with E-state index in [0.29, 0.717) is 26.2 Å². The van der Waals surface area contributed by atoms with Crippen LogP contribution in [-0.2, 0) is 19.7 Å². The summed E-state index contributed by atoms with van der Waals surface area (Å²) in [7, 11) is 1.87. The van der Waals surface area contributed by atoms with Crippen LogP contribution >= 0.6 is 0 Å².